The molecule has 21 heavy (non-hydrogen) atoms. The molecule has 0 aliphatic heterocycles. The molecular formula is C17H25NO3. The van der Waals surface area contributed by atoms with Gasteiger partial charge in [-0.1, -0.05) is 11.6 Å². The number of carbonyl (C=O) groups excluding carboxylic acids is 1. The second-order valence-corrected chi connectivity index (χ2v) is 4.91. The van der Waals surface area contributed by atoms with Gasteiger partial charge in [-0.15, -0.1) is 0 Å². The Balaban J connectivity index is 2.61. The second kappa shape index (κ2) is 9.06. The van der Waals surface area contributed by atoms with Gasteiger partial charge < -0.3 is 14.8 Å². The van der Waals surface area contributed by atoms with Crippen LogP contribution in [0.5, 0.6) is 11.5 Å². The van der Waals surface area contributed by atoms with Crippen molar-refractivity contribution in [2.24, 2.45) is 0 Å². The lowest BCUT2D eigenvalue weighted by Crippen LogP contribution is -2.23. The van der Waals surface area contributed by atoms with E-state index in [0.29, 0.717) is 19.8 Å². The minimum absolute atomic E-state index is 0.0500. The highest BCUT2D eigenvalue weighted by Crippen LogP contribution is 2.28. The summed E-state index contributed by atoms with van der Waals surface area (Å²) in [6, 6.07) is 5.89. The third-order valence-corrected chi connectivity index (χ3v) is 2.74. The first-order valence-electron chi connectivity index (χ1n) is 7.38. The van der Waals surface area contributed by atoms with Crippen LogP contribution in [-0.4, -0.2) is 25.7 Å². The standard InChI is InChI=1S/C17H25NO3/c1-5-20-15-8-7-14(12-16(15)21-6-2)9-10-18-17(19)11-13(3)4/h7-8,11-12H,5-6,9-10H2,1-4H3,(H,18,19). The quantitative estimate of drug-likeness (QED) is 0.749. The van der Waals surface area contributed by atoms with Gasteiger partial charge in [-0.25, -0.2) is 0 Å². The third kappa shape index (κ3) is 6.34. The van der Waals surface area contributed by atoms with E-state index in [2.05, 4.69) is 5.32 Å². The Labute approximate surface area is 127 Å². The van der Waals surface area contributed by atoms with Crippen LogP contribution in [-0.2, 0) is 11.2 Å². The van der Waals surface area contributed by atoms with E-state index in [4.69, 9.17) is 9.47 Å². The molecule has 1 aromatic rings. The first-order valence-corrected chi connectivity index (χ1v) is 7.38. The van der Waals surface area contributed by atoms with Crippen LogP contribution < -0.4 is 14.8 Å². The summed E-state index contributed by atoms with van der Waals surface area (Å²) in [7, 11) is 0. The van der Waals surface area contributed by atoms with Crippen LogP contribution in [0.25, 0.3) is 0 Å². The molecule has 0 bridgehead atoms. The molecule has 0 unspecified atom stereocenters. The van der Waals surface area contributed by atoms with E-state index >= 15 is 0 Å². The molecule has 0 radical (unpaired) electrons. The van der Waals surface area contributed by atoms with Crippen LogP contribution in [0.4, 0.5) is 0 Å². The van der Waals surface area contributed by atoms with Crippen molar-refractivity contribution in [3.05, 3.63) is 35.4 Å². The van der Waals surface area contributed by atoms with Crippen molar-refractivity contribution >= 4 is 5.91 Å². The summed E-state index contributed by atoms with van der Waals surface area (Å²) in [5.41, 5.74) is 2.10. The van der Waals surface area contributed by atoms with Crippen LogP contribution in [0.3, 0.4) is 0 Å². The van der Waals surface area contributed by atoms with Crippen LogP contribution in [0, 0.1) is 0 Å². The van der Waals surface area contributed by atoms with Crippen molar-refractivity contribution in [1.29, 1.82) is 0 Å². The summed E-state index contributed by atoms with van der Waals surface area (Å²) >= 11 is 0. The van der Waals surface area contributed by atoms with Gasteiger partial charge in [0.15, 0.2) is 11.5 Å². The van der Waals surface area contributed by atoms with Crippen molar-refractivity contribution in [3.63, 3.8) is 0 Å². The van der Waals surface area contributed by atoms with E-state index < -0.39 is 0 Å². The number of hydrogen-bond acceptors (Lipinski definition) is 3. The summed E-state index contributed by atoms with van der Waals surface area (Å²) in [5, 5.41) is 2.87. The van der Waals surface area contributed by atoms with Crippen LogP contribution >= 0.6 is 0 Å². The summed E-state index contributed by atoms with van der Waals surface area (Å²) in [4.78, 5) is 11.5. The van der Waals surface area contributed by atoms with Gasteiger partial charge in [-0.05, 0) is 51.8 Å². The zero-order chi connectivity index (χ0) is 15.7. The predicted molar refractivity (Wildman–Crippen MR) is 84.9 cm³/mol. The van der Waals surface area contributed by atoms with Crippen molar-refractivity contribution in [2.75, 3.05) is 19.8 Å². The molecule has 0 saturated heterocycles. The summed E-state index contributed by atoms with van der Waals surface area (Å²) in [6.07, 6.45) is 2.36. The number of allylic oxidation sites excluding steroid dienone is 1. The number of nitrogens with one attached hydrogen (secondary N) is 1. The monoisotopic (exact) mass is 291 g/mol. The maximum absolute atomic E-state index is 11.5. The van der Waals surface area contributed by atoms with Crippen molar-refractivity contribution in [2.45, 2.75) is 34.1 Å². The smallest absolute Gasteiger partial charge is 0.243 e. The molecule has 116 valence electrons. The highest BCUT2D eigenvalue weighted by Gasteiger charge is 2.06. The van der Waals surface area contributed by atoms with Gasteiger partial charge in [0.1, 0.15) is 0 Å². The van der Waals surface area contributed by atoms with Crippen LogP contribution in [0.1, 0.15) is 33.3 Å². The lowest BCUT2D eigenvalue weighted by Gasteiger charge is -2.12. The Morgan fingerprint density at radius 1 is 1.14 bits per heavy atom. The average molecular weight is 291 g/mol. The molecule has 1 N–H and O–H groups in total. The Bertz CT molecular complexity index is 491. The van der Waals surface area contributed by atoms with Gasteiger partial charge in [-0.3, -0.25) is 4.79 Å². The first kappa shape index (κ1) is 17.1. The molecule has 0 aliphatic carbocycles. The first-order chi connectivity index (χ1) is 10.1. The van der Waals surface area contributed by atoms with Crippen LogP contribution in [0.2, 0.25) is 0 Å². The zero-order valence-corrected chi connectivity index (χ0v) is 13.4. The van der Waals surface area contributed by atoms with E-state index in [1.807, 2.05) is 45.9 Å². The van der Waals surface area contributed by atoms with E-state index in [1.54, 1.807) is 6.08 Å². The molecule has 0 fully saturated rings. The van der Waals surface area contributed by atoms with Crippen molar-refractivity contribution in [1.82, 2.24) is 5.32 Å². The zero-order valence-electron chi connectivity index (χ0n) is 13.4. The molecule has 0 aliphatic rings. The largest absolute Gasteiger partial charge is 0.490 e. The molecule has 1 amide bonds. The lowest BCUT2D eigenvalue weighted by molar-refractivity contribution is -0.116. The molecular weight excluding hydrogens is 266 g/mol. The van der Waals surface area contributed by atoms with E-state index in [-0.39, 0.29) is 5.91 Å². The molecule has 0 atom stereocenters. The second-order valence-electron chi connectivity index (χ2n) is 4.91. The number of hydrogen-bond donors (Lipinski definition) is 1. The molecule has 4 nitrogen and oxygen atoms in total. The van der Waals surface area contributed by atoms with E-state index in [1.165, 1.54) is 0 Å². The fourth-order valence-electron chi connectivity index (χ4n) is 1.89. The average Bonchev–Trinajstić information content (AvgIpc) is 2.41. The Kier molecular flexibility index (Phi) is 7.37. The third-order valence-electron chi connectivity index (χ3n) is 2.74. The molecule has 0 spiro atoms. The van der Waals surface area contributed by atoms with Gasteiger partial charge >= 0.3 is 0 Å². The Hall–Kier alpha value is -1.97. The van der Waals surface area contributed by atoms with Gasteiger partial charge in [0, 0.05) is 12.6 Å². The normalized spacial score (nSPS) is 9.90. The molecule has 0 saturated carbocycles. The predicted octanol–water partition coefficient (Wildman–Crippen LogP) is 3.11. The van der Waals surface area contributed by atoms with Gasteiger partial charge in [0.2, 0.25) is 5.91 Å². The SMILES string of the molecule is CCOc1ccc(CCNC(=O)C=C(C)C)cc1OCC. The maximum Gasteiger partial charge on any atom is 0.243 e. The summed E-state index contributed by atoms with van der Waals surface area (Å²) in [5.74, 6) is 1.47. The molecule has 4 heteroatoms. The molecule has 0 heterocycles. The molecule has 0 aromatic heterocycles. The number of ether oxygens (including phenoxy) is 2. The maximum atomic E-state index is 11.5. The minimum Gasteiger partial charge on any atom is -0.490 e. The van der Waals surface area contributed by atoms with Crippen molar-refractivity contribution in [3.8, 4) is 11.5 Å². The minimum atomic E-state index is -0.0500. The number of rotatable bonds is 8. The van der Waals surface area contributed by atoms with E-state index in [9.17, 15) is 4.79 Å². The Morgan fingerprint density at radius 2 is 1.81 bits per heavy atom. The van der Waals surface area contributed by atoms with Crippen molar-refractivity contribution < 1.29 is 14.3 Å². The fourth-order valence-corrected chi connectivity index (χ4v) is 1.89. The highest BCUT2D eigenvalue weighted by atomic mass is 16.5. The highest BCUT2D eigenvalue weighted by molar-refractivity contribution is 5.87. The number of amides is 1. The summed E-state index contributed by atoms with van der Waals surface area (Å²) < 4.78 is 11.1. The number of carbonyl (C=O) groups is 1. The van der Waals surface area contributed by atoms with Crippen LogP contribution in [0.15, 0.2) is 29.8 Å². The number of benzene rings is 1. The molecule has 1 aromatic carbocycles. The fraction of sp³-hybridized carbons (Fsp3) is 0.471. The Morgan fingerprint density at radius 3 is 2.43 bits per heavy atom. The summed E-state index contributed by atoms with van der Waals surface area (Å²) in [6.45, 7) is 9.51. The van der Waals surface area contributed by atoms with Gasteiger partial charge in [-0.2, -0.15) is 0 Å². The molecule has 1 rings (SSSR count). The van der Waals surface area contributed by atoms with Gasteiger partial charge in [0.25, 0.3) is 0 Å². The van der Waals surface area contributed by atoms with E-state index in [0.717, 1.165) is 29.1 Å². The van der Waals surface area contributed by atoms with Gasteiger partial charge in [0.05, 0.1) is 13.2 Å². The lowest BCUT2D eigenvalue weighted by atomic mass is 10.1. The topological polar surface area (TPSA) is 47.6 Å².